The fourth-order valence-corrected chi connectivity index (χ4v) is 1.27. The van der Waals surface area contributed by atoms with E-state index in [0.29, 0.717) is 11.8 Å². The molecule has 0 bridgehead atoms. The van der Waals surface area contributed by atoms with Gasteiger partial charge in [-0.2, -0.15) is 0 Å². The Morgan fingerprint density at radius 1 is 1.19 bits per heavy atom. The average Bonchev–Trinajstić information content (AvgIpc) is 2.78. The molecule has 0 spiro atoms. The first-order valence-corrected chi connectivity index (χ1v) is 5.18. The molecule has 2 aromatic rings. The maximum absolute atomic E-state index is 5.92. The molecule has 16 heavy (non-hydrogen) atoms. The van der Waals surface area contributed by atoms with Crippen molar-refractivity contribution in [2.75, 3.05) is 0 Å². The number of nitrogens with zero attached hydrogens (tertiary/aromatic N) is 3. The van der Waals surface area contributed by atoms with Crippen LogP contribution in [0.25, 0.3) is 11.5 Å². The summed E-state index contributed by atoms with van der Waals surface area (Å²) in [6.07, 6.45) is 3.36. The number of hydrogen-bond donors (Lipinski definition) is 1. The van der Waals surface area contributed by atoms with E-state index in [-0.39, 0.29) is 12.0 Å². The molecule has 2 heterocycles. The van der Waals surface area contributed by atoms with Gasteiger partial charge in [-0.25, -0.2) is 0 Å². The highest BCUT2D eigenvalue weighted by Crippen LogP contribution is 2.22. The molecule has 0 radical (unpaired) electrons. The zero-order chi connectivity index (χ0) is 11.5. The van der Waals surface area contributed by atoms with Crippen LogP contribution in [0.15, 0.2) is 28.9 Å². The van der Waals surface area contributed by atoms with Crippen LogP contribution in [0.3, 0.4) is 0 Å². The number of rotatable bonds is 3. The monoisotopic (exact) mass is 218 g/mol. The van der Waals surface area contributed by atoms with E-state index in [4.69, 9.17) is 10.2 Å². The molecule has 2 aromatic heterocycles. The second-order valence-electron chi connectivity index (χ2n) is 3.95. The lowest BCUT2D eigenvalue weighted by Gasteiger charge is -2.09. The molecule has 0 aliphatic heterocycles. The Hall–Kier alpha value is -1.75. The topological polar surface area (TPSA) is 77.8 Å². The number of aromatic nitrogens is 3. The van der Waals surface area contributed by atoms with Gasteiger partial charge in [-0.3, -0.25) is 4.98 Å². The van der Waals surface area contributed by atoms with Crippen LogP contribution in [0.4, 0.5) is 0 Å². The van der Waals surface area contributed by atoms with Gasteiger partial charge in [0.1, 0.15) is 0 Å². The van der Waals surface area contributed by atoms with Gasteiger partial charge in [-0.15, -0.1) is 10.2 Å². The minimum absolute atomic E-state index is 0.219. The molecule has 2 rings (SSSR count). The van der Waals surface area contributed by atoms with Gasteiger partial charge in [0.25, 0.3) is 0 Å². The van der Waals surface area contributed by atoms with Gasteiger partial charge in [-0.1, -0.05) is 13.8 Å². The molecule has 84 valence electrons. The van der Waals surface area contributed by atoms with E-state index in [0.717, 1.165) is 5.56 Å². The van der Waals surface area contributed by atoms with E-state index in [2.05, 4.69) is 15.2 Å². The van der Waals surface area contributed by atoms with E-state index in [1.807, 2.05) is 26.0 Å². The Morgan fingerprint density at radius 3 is 2.50 bits per heavy atom. The Labute approximate surface area is 93.7 Å². The molecule has 5 nitrogen and oxygen atoms in total. The first-order chi connectivity index (χ1) is 7.68. The normalized spacial score (nSPS) is 13.0. The van der Waals surface area contributed by atoms with Crippen LogP contribution in [0.2, 0.25) is 0 Å². The van der Waals surface area contributed by atoms with Crippen LogP contribution in [-0.4, -0.2) is 15.2 Å². The molecule has 0 amide bonds. The first-order valence-electron chi connectivity index (χ1n) is 5.18. The lowest BCUT2D eigenvalue weighted by Crippen LogP contribution is -2.16. The molecule has 1 atom stereocenters. The lowest BCUT2D eigenvalue weighted by atomic mass is 10.1. The second kappa shape index (κ2) is 4.40. The summed E-state index contributed by atoms with van der Waals surface area (Å²) >= 11 is 0. The summed E-state index contributed by atoms with van der Waals surface area (Å²) < 4.78 is 5.52. The van der Waals surface area contributed by atoms with Gasteiger partial charge in [0, 0.05) is 18.0 Å². The van der Waals surface area contributed by atoms with E-state index in [1.54, 1.807) is 12.4 Å². The van der Waals surface area contributed by atoms with E-state index in [1.165, 1.54) is 0 Å². The summed E-state index contributed by atoms with van der Waals surface area (Å²) in [5.41, 5.74) is 6.77. The maximum Gasteiger partial charge on any atom is 0.247 e. The van der Waals surface area contributed by atoms with Crippen LogP contribution in [-0.2, 0) is 0 Å². The molecule has 1 unspecified atom stereocenters. The molecule has 0 aliphatic rings. The van der Waals surface area contributed by atoms with Crippen molar-refractivity contribution in [2.24, 2.45) is 11.7 Å². The molecule has 0 fully saturated rings. The largest absolute Gasteiger partial charge is 0.419 e. The molecule has 0 saturated carbocycles. The molecule has 0 saturated heterocycles. The SMILES string of the molecule is CC(C)C(N)c1nnc(-c2ccncc2)o1. The number of pyridine rings is 1. The summed E-state index contributed by atoms with van der Waals surface area (Å²) in [5, 5.41) is 7.92. The van der Waals surface area contributed by atoms with Crippen molar-refractivity contribution in [2.45, 2.75) is 19.9 Å². The van der Waals surface area contributed by atoms with Gasteiger partial charge in [0.2, 0.25) is 11.8 Å². The molecule has 5 heteroatoms. The predicted molar refractivity (Wildman–Crippen MR) is 59.3 cm³/mol. The van der Waals surface area contributed by atoms with Crippen molar-refractivity contribution >= 4 is 0 Å². The number of nitrogens with two attached hydrogens (primary N) is 1. The summed E-state index contributed by atoms with van der Waals surface area (Å²) in [6, 6.07) is 3.42. The second-order valence-corrected chi connectivity index (χ2v) is 3.95. The minimum atomic E-state index is -0.219. The van der Waals surface area contributed by atoms with Gasteiger partial charge >= 0.3 is 0 Å². The van der Waals surface area contributed by atoms with Crippen LogP contribution in [0, 0.1) is 5.92 Å². The maximum atomic E-state index is 5.92. The van der Waals surface area contributed by atoms with Gasteiger partial charge in [0.15, 0.2) is 0 Å². The summed E-state index contributed by atoms with van der Waals surface area (Å²) in [6.45, 7) is 4.03. The Balaban J connectivity index is 2.27. The van der Waals surface area contributed by atoms with Crippen molar-refractivity contribution in [3.8, 4) is 11.5 Å². The summed E-state index contributed by atoms with van der Waals surface area (Å²) in [5.74, 6) is 1.22. The van der Waals surface area contributed by atoms with Crippen LogP contribution >= 0.6 is 0 Å². The lowest BCUT2D eigenvalue weighted by molar-refractivity contribution is 0.394. The smallest absolute Gasteiger partial charge is 0.247 e. The predicted octanol–water partition coefficient (Wildman–Crippen LogP) is 1.79. The van der Waals surface area contributed by atoms with Crippen LogP contribution < -0.4 is 5.73 Å². The molecule has 0 aliphatic carbocycles. The first kappa shape index (κ1) is 10.8. The van der Waals surface area contributed by atoms with Crippen molar-refractivity contribution in [1.29, 1.82) is 0 Å². The van der Waals surface area contributed by atoms with E-state index >= 15 is 0 Å². The van der Waals surface area contributed by atoms with E-state index in [9.17, 15) is 0 Å². The van der Waals surface area contributed by atoms with Crippen molar-refractivity contribution < 1.29 is 4.42 Å². The van der Waals surface area contributed by atoms with Crippen LogP contribution in [0.5, 0.6) is 0 Å². The van der Waals surface area contributed by atoms with Crippen molar-refractivity contribution in [1.82, 2.24) is 15.2 Å². The highest BCUT2D eigenvalue weighted by molar-refractivity contribution is 5.50. The highest BCUT2D eigenvalue weighted by atomic mass is 16.4. The Morgan fingerprint density at radius 2 is 1.88 bits per heavy atom. The number of hydrogen-bond acceptors (Lipinski definition) is 5. The summed E-state index contributed by atoms with van der Waals surface area (Å²) in [7, 11) is 0. The fourth-order valence-electron chi connectivity index (χ4n) is 1.27. The molecule has 2 N–H and O–H groups in total. The zero-order valence-electron chi connectivity index (χ0n) is 9.29. The Kier molecular flexibility index (Phi) is 2.96. The molecular formula is C11H14N4O. The van der Waals surface area contributed by atoms with Gasteiger partial charge in [0.05, 0.1) is 6.04 Å². The average molecular weight is 218 g/mol. The van der Waals surface area contributed by atoms with Crippen molar-refractivity contribution in [3.63, 3.8) is 0 Å². The third kappa shape index (κ3) is 2.09. The standard InChI is InChI=1S/C11H14N4O/c1-7(2)9(12)11-15-14-10(16-11)8-3-5-13-6-4-8/h3-7,9H,12H2,1-2H3. The van der Waals surface area contributed by atoms with E-state index < -0.39 is 0 Å². The summed E-state index contributed by atoms with van der Waals surface area (Å²) in [4.78, 5) is 3.93. The van der Waals surface area contributed by atoms with Crippen LogP contribution in [0.1, 0.15) is 25.8 Å². The minimum Gasteiger partial charge on any atom is -0.419 e. The molecule has 0 aromatic carbocycles. The fraction of sp³-hybridized carbons (Fsp3) is 0.364. The van der Waals surface area contributed by atoms with Crippen molar-refractivity contribution in [3.05, 3.63) is 30.4 Å². The Bertz CT molecular complexity index is 452. The van der Waals surface area contributed by atoms with Gasteiger partial charge < -0.3 is 10.2 Å². The third-order valence-corrected chi connectivity index (χ3v) is 2.37. The van der Waals surface area contributed by atoms with Gasteiger partial charge in [-0.05, 0) is 18.1 Å². The third-order valence-electron chi connectivity index (χ3n) is 2.37. The highest BCUT2D eigenvalue weighted by Gasteiger charge is 2.18. The zero-order valence-corrected chi connectivity index (χ0v) is 9.29. The quantitative estimate of drug-likeness (QED) is 0.849. The molecular weight excluding hydrogens is 204 g/mol.